The number of nitrogens with zero attached hydrogens (tertiary/aromatic N) is 1. The van der Waals surface area contributed by atoms with Gasteiger partial charge >= 0.3 is 0 Å². The molecule has 24 heavy (non-hydrogen) atoms. The molecule has 1 aliphatic carbocycles. The van der Waals surface area contributed by atoms with E-state index in [1.54, 1.807) is 19.2 Å². The quantitative estimate of drug-likeness (QED) is 0.516. The number of non-ortho nitro benzene ring substituents is 1. The van der Waals surface area contributed by atoms with Crippen LogP contribution in [0.25, 0.3) is 0 Å². The lowest BCUT2D eigenvalue weighted by Crippen LogP contribution is -2.29. The molecule has 2 aliphatic rings. The van der Waals surface area contributed by atoms with Gasteiger partial charge in [0.25, 0.3) is 5.69 Å². The molecule has 1 aliphatic heterocycles. The number of nitrogens with one attached hydrogen (secondary N) is 1. The molecule has 2 aromatic carbocycles. The Kier molecular flexibility index (Phi) is 3.49. The molecule has 0 spiro atoms. The second-order valence-corrected chi connectivity index (χ2v) is 6.28. The fraction of sp³-hybridized carbons (Fsp3) is 0.263. The maximum atomic E-state index is 11.1. The highest BCUT2D eigenvalue weighted by Gasteiger charge is 2.38. The Morgan fingerprint density at radius 2 is 2.00 bits per heavy atom. The van der Waals surface area contributed by atoms with E-state index in [4.69, 9.17) is 4.74 Å². The van der Waals surface area contributed by atoms with Gasteiger partial charge in [0.1, 0.15) is 5.75 Å². The van der Waals surface area contributed by atoms with E-state index in [-0.39, 0.29) is 22.6 Å². The first-order chi connectivity index (χ1) is 11.7. The molecule has 5 nitrogen and oxygen atoms in total. The summed E-state index contributed by atoms with van der Waals surface area (Å²) in [6.07, 6.45) is 5.34. The highest BCUT2D eigenvalue weighted by molar-refractivity contribution is 5.63. The van der Waals surface area contributed by atoms with Crippen LogP contribution in [0.1, 0.15) is 29.5 Å². The third-order valence-electron chi connectivity index (χ3n) is 5.03. The molecular formula is C19H18N2O3. The Hall–Kier alpha value is -2.82. The number of methoxy groups -OCH3 is 1. The van der Waals surface area contributed by atoms with Crippen molar-refractivity contribution in [3.8, 4) is 5.75 Å². The third kappa shape index (κ3) is 2.33. The minimum Gasteiger partial charge on any atom is -0.497 e. The van der Waals surface area contributed by atoms with E-state index in [1.165, 1.54) is 5.56 Å². The molecule has 0 saturated heterocycles. The Balaban J connectivity index is 1.73. The molecule has 0 bridgehead atoms. The number of benzene rings is 2. The smallest absolute Gasteiger partial charge is 0.269 e. The summed E-state index contributed by atoms with van der Waals surface area (Å²) in [5, 5.41) is 14.7. The largest absolute Gasteiger partial charge is 0.497 e. The molecule has 1 N–H and O–H groups in total. The standard InChI is InChI=1S/C19H18N2O3/c1-24-14-8-5-12(6-9-14)19-16-4-2-3-15(16)17-11-13(21(22)23)7-10-18(17)20-19/h2-3,5-11,15-16,19-20H,4H2,1H3/t15-,16+,19+/m1/s1. The van der Waals surface area contributed by atoms with Crippen LogP contribution in [0.15, 0.2) is 54.6 Å². The van der Waals surface area contributed by atoms with Crippen LogP contribution in [0.4, 0.5) is 11.4 Å². The van der Waals surface area contributed by atoms with Gasteiger partial charge in [-0.2, -0.15) is 0 Å². The van der Waals surface area contributed by atoms with E-state index in [0.29, 0.717) is 5.92 Å². The maximum absolute atomic E-state index is 11.1. The average Bonchev–Trinajstić information content (AvgIpc) is 3.10. The lowest BCUT2D eigenvalue weighted by atomic mass is 9.77. The highest BCUT2D eigenvalue weighted by Crippen LogP contribution is 2.50. The van der Waals surface area contributed by atoms with Crippen LogP contribution in [0.3, 0.4) is 0 Å². The number of nitro benzene ring substituents is 1. The van der Waals surface area contributed by atoms with Crippen molar-refractivity contribution < 1.29 is 9.66 Å². The minimum absolute atomic E-state index is 0.150. The van der Waals surface area contributed by atoms with Gasteiger partial charge < -0.3 is 10.1 Å². The van der Waals surface area contributed by atoms with Crippen molar-refractivity contribution in [2.75, 3.05) is 12.4 Å². The van der Waals surface area contributed by atoms with Crippen LogP contribution in [-0.4, -0.2) is 12.0 Å². The second-order valence-electron chi connectivity index (χ2n) is 6.28. The monoisotopic (exact) mass is 322 g/mol. The Morgan fingerprint density at radius 1 is 1.21 bits per heavy atom. The summed E-state index contributed by atoms with van der Waals surface area (Å²) in [6, 6.07) is 13.4. The Bertz CT molecular complexity index is 814. The number of fused-ring (bicyclic) bond motifs is 3. The molecule has 0 saturated carbocycles. The first-order valence-corrected chi connectivity index (χ1v) is 8.03. The zero-order chi connectivity index (χ0) is 16.7. The molecule has 1 heterocycles. The summed E-state index contributed by atoms with van der Waals surface area (Å²) in [5.74, 6) is 1.42. The van der Waals surface area contributed by atoms with Crippen LogP contribution in [0, 0.1) is 16.0 Å². The summed E-state index contributed by atoms with van der Waals surface area (Å²) in [5.41, 5.74) is 3.36. The number of allylic oxidation sites excluding steroid dienone is 2. The normalized spacial score (nSPS) is 24.0. The maximum Gasteiger partial charge on any atom is 0.269 e. The van der Waals surface area contributed by atoms with Crippen molar-refractivity contribution in [2.45, 2.75) is 18.4 Å². The van der Waals surface area contributed by atoms with Gasteiger partial charge in [-0.1, -0.05) is 24.3 Å². The lowest BCUT2D eigenvalue weighted by Gasteiger charge is -2.37. The van der Waals surface area contributed by atoms with E-state index in [1.807, 2.05) is 18.2 Å². The van der Waals surface area contributed by atoms with Crippen LogP contribution in [-0.2, 0) is 0 Å². The SMILES string of the molecule is COc1ccc([C@@H]2Nc3ccc([N+](=O)[O-])cc3[C@@H]3C=CC[C@@H]32)cc1. The van der Waals surface area contributed by atoms with Gasteiger partial charge in [-0.05, 0) is 41.7 Å². The van der Waals surface area contributed by atoms with Gasteiger partial charge in [0, 0.05) is 23.7 Å². The molecule has 0 amide bonds. The summed E-state index contributed by atoms with van der Waals surface area (Å²) < 4.78 is 5.24. The van der Waals surface area contributed by atoms with Gasteiger partial charge in [-0.3, -0.25) is 10.1 Å². The number of nitro groups is 1. The van der Waals surface area contributed by atoms with E-state index in [9.17, 15) is 10.1 Å². The number of anilines is 1. The van der Waals surface area contributed by atoms with Crippen molar-refractivity contribution in [1.29, 1.82) is 0 Å². The van der Waals surface area contributed by atoms with E-state index >= 15 is 0 Å². The van der Waals surface area contributed by atoms with E-state index in [0.717, 1.165) is 23.4 Å². The first kappa shape index (κ1) is 14.8. The highest BCUT2D eigenvalue weighted by atomic mass is 16.6. The molecule has 2 aromatic rings. The van der Waals surface area contributed by atoms with E-state index in [2.05, 4.69) is 29.6 Å². The van der Waals surface area contributed by atoms with Crippen LogP contribution >= 0.6 is 0 Å². The minimum atomic E-state index is -0.330. The molecule has 0 fully saturated rings. The van der Waals surface area contributed by atoms with Gasteiger partial charge in [-0.15, -0.1) is 0 Å². The molecule has 0 unspecified atom stereocenters. The Labute approximate surface area is 140 Å². The molecule has 3 atom stereocenters. The van der Waals surface area contributed by atoms with Crippen molar-refractivity contribution in [2.24, 2.45) is 5.92 Å². The van der Waals surface area contributed by atoms with Crippen LogP contribution in [0.5, 0.6) is 5.75 Å². The fourth-order valence-electron chi connectivity index (χ4n) is 3.84. The predicted molar refractivity (Wildman–Crippen MR) is 92.4 cm³/mol. The van der Waals surface area contributed by atoms with Crippen molar-refractivity contribution in [1.82, 2.24) is 0 Å². The lowest BCUT2D eigenvalue weighted by molar-refractivity contribution is -0.384. The second kappa shape index (κ2) is 5.67. The van der Waals surface area contributed by atoms with Crippen molar-refractivity contribution in [3.05, 3.63) is 75.9 Å². The number of ether oxygens (including phenoxy) is 1. The summed E-state index contributed by atoms with van der Waals surface area (Å²) in [6.45, 7) is 0. The summed E-state index contributed by atoms with van der Waals surface area (Å²) in [7, 11) is 1.66. The molecule has 4 rings (SSSR count). The number of rotatable bonds is 3. The van der Waals surface area contributed by atoms with Gasteiger partial charge in [0.05, 0.1) is 18.1 Å². The van der Waals surface area contributed by atoms with Crippen molar-refractivity contribution >= 4 is 11.4 Å². The summed E-state index contributed by atoms with van der Waals surface area (Å²) in [4.78, 5) is 10.8. The fourth-order valence-corrected chi connectivity index (χ4v) is 3.84. The first-order valence-electron chi connectivity index (χ1n) is 8.03. The average molecular weight is 322 g/mol. The number of hydrogen-bond acceptors (Lipinski definition) is 4. The van der Waals surface area contributed by atoms with Crippen molar-refractivity contribution in [3.63, 3.8) is 0 Å². The van der Waals surface area contributed by atoms with Gasteiger partial charge in [-0.25, -0.2) is 0 Å². The zero-order valence-electron chi connectivity index (χ0n) is 13.3. The van der Waals surface area contributed by atoms with Gasteiger partial charge in [0.2, 0.25) is 0 Å². The molecule has 0 aromatic heterocycles. The Morgan fingerprint density at radius 3 is 2.71 bits per heavy atom. The molecule has 122 valence electrons. The predicted octanol–water partition coefficient (Wildman–Crippen LogP) is 4.43. The topological polar surface area (TPSA) is 64.4 Å². The van der Waals surface area contributed by atoms with Crippen LogP contribution in [0.2, 0.25) is 0 Å². The molecule has 0 radical (unpaired) electrons. The number of hydrogen-bond donors (Lipinski definition) is 1. The zero-order valence-corrected chi connectivity index (χ0v) is 13.3. The molecular weight excluding hydrogens is 304 g/mol. The summed E-state index contributed by atoms with van der Waals surface area (Å²) >= 11 is 0. The van der Waals surface area contributed by atoms with Gasteiger partial charge in [0.15, 0.2) is 0 Å². The molecule has 5 heteroatoms. The van der Waals surface area contributed by atoms with E-state index < -0.39 is 0 Å². The third-order valence-corrected chi connectivity index (χ3v) is 5.03. The van der Waals surface area contributed by atoms with Crippen LogP contribution < -0.4 is 10.1 Å².